The number of benzene rings is 2. The summed E-state index contributed by atoms with van der Waals surface area (Å²) in [5, 5.41) is 2.79. The maximum absolute atomic E-state index is 12.2. The Morgan fingerprint density at radius 3 is 2.62 bits per heavy atom. The maximum atomic E-state index is 12.2. The second kappa shape index (κ2) is 8.29. The van der Waals surface area contributed by atoms with E-state index in [2.05, 4.69) is 5.32 Å². The van der Waals surface area contributed by atoms with E-state index in [4.69, 9.17) is 18.9 Å². The largest absolute Gasteiger partial charge is 0.497 e. The predicted molar refractivity (Wildman–Crippen MR) is 99.3 cm³/mol. The lowest BCUT2D eigenvalue weighted by atomic mass is 10.2. The first-order valence-electron chi connectivity index (χ1n) is 8.30. The van der Waals surface area contributed by atoms with Crippen LogP contribution in [0.1, 0.15) is 12.0 Å². The quantitative estimate of drug-likeness (QED) is 0.832. The molecule has 0 fully saturated rings. The Kier molecular flexibility index (Phi) is 5.63. The summed E-state index contributed by atoms with van der Waals surface area (Å²) in [7, 11) is 3.11. The molecule has 3 rings (SSSR count). The van der Waals surface area contributed by atoms with Gasteiger partial charge in [-0.05, 0) is 35.9 Å². The fraction of sp³-hybridized carbons (Fsp3) is 0.250. The summed E-state index contributed by atoms with van der Waals surface area (Å²) < 4.78 is 21.7. The molecule has 0 atom stereocenters. The van der Waals surface area contributed by atoms with E-state index in [0.29, 0.717) is 36.1 Å². The fourth-order valence-electron chi connectivity index (χ4n) is 2.53. The van der Waals surface area contributed by atoms with E-state index in [1.54, 1.807) is 31.4 Å². The molecular formula is C20H21NO5. The summed E-state index contributed by atoms with van der Waals surface area (Å²) in [4.78, 5) is 12.2. The van der Waals surface area contributed by atoms with E-state index in [1.807, 2.05) is 18.2 Å². The minimum Gasteiger partial charge on any atom is -0.497 e. The van der Waals surface area contributed by atoms with Crippen molar-refractivity contribution >= 4 is 17.7 Å². The summed E-state index contributed by atoms with van der Waals surface area (Å²) in [6.45, 7) is 1.27. The van der Waals surface area contributed by atoms with E-state index in [0.717, 1.165) is 17.7 Å². The van der Waals surface area contributed by atoms with Crippen LogP contribution < -0.4 is 24.3 Å². The molecule has 136 valence electrons. The first-order chi connectivity index (χ1) is 12.7. The molecule has 6 nitrogen and oxygen atoms in total. The SMILES string of the molecule is COc1ccc(NC(=O)/C=C/c2ccc3c(c2)OCCCO3)c(OC)c1. The minimum atomic E-state index is -0.263. The minimum absolute atomic E-state index is 0.263. The van der Waals surface area contributed by atoms with E-state index in [1.165, 1.54) is 13.2 Å². The topological polar surface area (TPSA) is 66.0 Å². The van der Waals surface area contributed by atoms with Gasteiger partial charge in [-0.2, -0.15) is 0 Å². The average molecular weight is 355 g/mol. The molecule has 0 radical (unpaired) electrons. The Morgan fingerprint density at radius 2 is 1.85 bits per heavy atom. The highest BCUT2D eigenvalue weighted by atomic mass is 16.5. The number of hydrogen-bond donors (Lipinski definition) is 1. The van der Waals surface area contributed by atoms with E-state index in [-0.39, 0.29) is 5.91 Å². The molecule has 2 aromatic rings. The zero-order valence-electron chi connectivity index (χ0n) is 14.8. The highest BCUT2D eigenvalue weighted by molar-refractivity contribution is 6.02. The summed E-state index contributed by atoms with van der Waals surface area (Å²) in [6, 6.07) is 10.8. The molecule has 1 heterocycles. The van der Waals surface area contributed by atoms with Crippen LogP contribution in [0.3, 0.4) is 0 Å². The van der Waals surface area contributed by atoms with Crippen LogP contribution in [0.2, 0.25) is 0 Å². The third-order valence-electron chi connectivity index (χ3n) is 3.87. The van der Waals surface area contributed by atoms with Gasteiger partial charge in [0, 0.05) is 18.6 Å². The van der Waals surface area contributed by atoms with E-state index in [9.17, 15) is 4.79 Å². The highest BCUT2D eigenvalue weighted by Gasteiger charge is 2.10. The first-order valence-corrected chi connectivity index (χ1v) is 8.30. The van der Waals surface area contributed by atoms with Gasteiger partial charge in [-0.25, -0.2) is 0 Å². The number of anilines is 1. The number of ether oxygens (including phenoxy) is 4. The Bertz CT molecular complexity index is 816. The number of amides is 1. The second-order valence-electron chi connectivity index (χ2n) is 5.65. The molecule has 1 N–H and O–H groups in total. The third kappa shape index (κ3) is 4.27. The Hall–Kier alpha value is -3.15. The number of fused-ring (bicyclic) bond motifs is 1. The molecule has 0 aliphatic carbocycles. The van der Waals surface area contributed by atoms with Crippen molar-refractivity contribution in [2.45, 2.75) is 6.42 Å². The molecule has 26 heavy (non-hydrogen) atoms. The first kappa shape index (κ1) is 17.7. The fourth-order valence-corrected chi connectivity index (χ4v) is 2.53. The average Bonchev–Trinajstić information content (AvgIpc) is 2.91. The standard InChI is InChI=1S/C20H21NO5/c1-23-15-6-7-16(18(13-15)24-2)21-20(22)9-5-14-4-8-17-19(12-14)26-11-3-10-25-17/h4-9,12-13H,3,10-11H2,1-2H3,(H,21,22)/b9-5+. The van der Waals surface area contributed by atoms with Crippen molar-refractivity contribution in [2.24, 2.45) is 0 Å². The summed E-state index contributed by atoms with van der Waals surface area (Å²) in [5.41, 5.74) is 1.42. The zero-order chi connectivity index (χ0) is 18.4. The van der Waals surface area contributed by atoms with Gasteiger partial charge >= 0.3 is 0 Å². The van der Waals surface area contributed by atoms with Gasteiger partial charge in [0.15, 0.2) is 11.5 Å². The van der Waals surface area contributed by atoms with Crippen LogP contribution in [0.15, 0.2) is 42.5 Å². The molecular weight excluding hydrogens is 334 g/mol. The van der Waals surface area contributed by atoms with Crippen LogP contribution in [0, 0.1) is 0 Å². The van der Waals surface area contributed by atoms with Crippen LogP contribution >= 0.6 is 0 Å². The maximum Gasteiger partial charge on any atom is 0.248 e. The molecule has 0 unspecified atom stereocenters. The van der Waals surface area contributed by atoms with Gasteiger partial charge < -0.3 is 24.3 Å². The molecule has 1 aliphatic heterocycles. The molecule has 1 aliphatic rings. The van der Waals surface area contributed by atoms with Crippen LogP contribution in [0.25, 0.3) is 6.08 Å². The summed E-state index contributed by atoms with van der Waals surface area (Å²) in [5.74, 6) is 2.35. The van der Waals surface area contributed by atoms with Gasteiger partial charge in [0.1, 0.15) is 11.5 Å². The van der Waals surface area contributed by atoms with Crippen molar-refractivity contribution in [2.75, 3.05) is 32.8 Å². The van der Waals surface area contributed by atoms with Crippen LogP contribution in [0.4, 0.5) is 5.69 Å². The number of methoxy groups -OCH3 is 2. The van der Waals surface area contributed by atoms with Crippen molar-refractivity contribution in [3.63, 3.8) is 0 Å². The van der Waals surface area contributed by atoms with Gasteiger partial charge in [-0.3, -0.25) is 4.79 Å². The summed E-state index contributed by atoms with van der Waals surface area (Å²) in [6.07, 6.45) is 4.04. The molecule has 6 heteroatoms. The number of rotatable bonds is 5. The van der Waals surface area contributed by atoms with Crippen LogP contribution in [-0.4, -0.2) is 33.3 Å². The molecule has 0 aromatic heterocycles. The zero-order valence-corrected chi connectivity index (χ0v) is 14.8. The highest BCUT2D eigenvalue weighted by Crippen LogP contribution is 2.31. The second-order valence-corrected chi connectivity index (χ2v) is 5.65. The van der Waals surface area contributed by atoms with Crippen molar-refractivity contribution in [3.05, 3.63) is 48.0 Å². The van der Waals surface area contributed by atoms with Crippen molar-refractivity contribution in [3.8, 4) is 23.0 Å². The third-order valence-corrected chi connectivity index (χ3v) is 3.87. The molecule has 0 saturated heterocycles. The Balaban J connectivity index is 1.69. The van der Waals surface area contributed by atoms with Crippen LogP contribution in [-0.2, 0) is 4.79 Å². The van der Waals surface area contributed by atoms with Gasteiger partial charge in [-0.15, -0.1) is 0 Å². The number of hydrogen-bond acceptors (Lipinski definition) is 5. The van der Waals surface area contributed by atoms with E-state index < -0.39 is 0 Å². The lowest BCUT2D eigenvalue weighted by Crippen LogP contribution is -2.09. The normalized spacial score (nSPS) is 13.2. The van der Waals surface area contributed by atoms with Gasteiger partial charge in [0.2, 0.25) is 5.91 Å². The monoisotopic (exact) mass is 355 g/mol. The van der Waals surface area contributed by atoms with Crippen molar-refractivity contribution in [1.29, 1.82) is 0 Å². The van der Waals surface area contributed by atoms with Crippen LogP contribution in [0.5, 0.6) is 23.0 Å². The molecule has 0 saturated carbocycles. The lowest BCUT2D eigenvalue weighted by molar-refractivity contribution is -0.111. The number of nitrogens with one attached hydrogen (secondary N) is 1. The molecule has 1 amide bonds. The number of carbonyl (C=O) groups excluding carboxylic acids is 1. The molecule has 0 bridgehead atoms. The van der Waals surface area contributed by atoms with Gasteiger partial charge in [0.05, 0.1) is 33.1 Å². The van der Waals surface area contributed by atoms with Gasteiger partial charge in [-0.1, -0.05) is 6.07 Å². The van der Waals surface area contributed by atoms with E-state index >= 15 is 0 Å². The predicted octanol–water partition coefficient (Wildman–Crippen LogP) is 3.52. The Labute approximate surface area is 152 Å². The Morgan fingerprint density at radius 1 is 1.04 bits per heavy atom. The number of carbonyl (C=O) groups is 1. The van der Waals surface area contributed by atoms with Crippen molar-refractivity contribution < 1.29 is 23.7 Å². The summed E-state index contributed by atoms with van der Waals surface area (Å²) >= 11 is 0. The molecule has 0 spiro atoms. The van der Waals surface area contributed by atoms with Crippen molar-refractivity contribution in [1.82, 2.24) is 0 Å². The van der Waals surface area contributed by atoms with Gasteiger partial charge in [0.25, 0.3) is 0 Å². The smallest absolute Gasteiger partial charge is 0.248 e. The lowest BCUT2D eigenvalue weighted by Gasteiger charge is -2.10. The molecule has 2 aromatic carbocycles.